The highest BCUT2D eigenvalue weighted by Crippen LogP contribution is 2.40. The van der Waals surface area contributed by atoms with Gasteiger partial charge in [-0.05, 0) is 61.6 Å². The Kier molecular flexibility index (Phi) is 5.57. The standard InChI is InChI=1S/C21H23NO5/c1-3-15-12(2)17-10-27-21(26)19(17)20(22-11-23)16(15)8-7-13-5-4-6-14(13)9-18(24)25/h7,14H,3-6,8-10H2,1-2H3,(H,24,25)/b13-7-. The van der Waals surface area contributed by atoms with E-state index < -0.39 is 11.9 Å². The van der Waals surface area contributed by atoms with E-state index in [-0.39, 0.29) is 18.9 Å². The Morgan fingerprint density at radius 2 is 2.19 bits per heavy atom. The molecule has 1 unspecified atom stereocenters. The van der Waals surface area contributed by atoms with Crippen LogP contribution in [0.1, 0.15) is 65.2 Å². The number of hydrogen-bond donors (Lipinski definition) is 1. The van der Waals surface area contributed by atoms with Gasteiger partial charge in [0, 0.05) is 5.56 Å². The number of carboxylic acids is 1. The van der Waals surface area contributed by atoms with Crippen LogP contribution in [0.3, 0.4) is 0 Å². The SMILES string of the molecule is CCc1c(C)c2c(c(N=C=O)c1C/C=C1/CCCC1CC(=O)O)C(=O)OC2. The molecule has 3 rings (SSSR count). The second kappa shape index (κ2) is 7.89. The third-order valence-corrected chi connectivity index (χ3v) is 5.69. The van der Waals surface area contributed by atoms with E-state index in [2.05, 4.69) is 11.1 Å². The molecule has 1 aromatic carbocycles. The van der Waals surface area contributed by atoms with Crippen molar-refractivity contribution in [1.29, 1.82) is 0 Å². The molecule has 1 fully saturated rings. The van der Waals surface area contributed by atoms with E-state index in [9.17, 15) is 14.4 Å². The second-order valence-electron chi connectivity index (χ2n) is 7.09. The van der Waals surface area contributed by atoms with Crippen molar-refractivity contribution < 1.29 is 24.2 Å². The maximum absolute atomic E-state index is 12.2. The number of aliphatic imine (C=N–C) groups is 1. The number of fused-ring (bicyclic) bond motifs is 1. The number of hydrogen-bond acceptors (Lipinski definition) is 5. The lowest BCUT2D eigenvalue weighted by Gasteiger charge is -2.17. The molecule has 1 aromatic rings. The topological polar surface area (TPSA) is 93.0 Å². The quantitative estimate of drug-likeness (QED) is 0.355. The fraction of sp³-hybridized carbons (Fsp3) is 0.476. The molecule has 0 amide bonds. The Bertz CT molecular complexity index is 877. The van der Waals surface area contributed by atoms with Gasteiger partial charge in [-0.1, -0.05) is 18.6 Å². The Balaban J connectivity index is 2.07. The van der Waals surface area contributed by atoms with Crippen LogP contribution < -0.4 is 0 Å². The van der Waals surface area contributed by atoms with E-state index >= 15 is 0 Å². The molecular weight excluding hydrogens is 346 g/mol. The molecule has 1 atom stereocenters. The first kappa shape index (κ1) is 19.1. The molecule has 0 spiro atoms. The average Bonchev–Trinajstić information content (AvgIpc) is 3.22. The van der Waals surface area contributed by atoms with Gasteiger partial charge in [0.05, 0.1) is 17.7 Å². The second-order valence-corrected chi connectivity index (χ2v) is 7.09. The minimum absolute atomic E-state index is 0.0612. The molecule has 6 heteroatoms. The lowest BCUT2D eigenvalue weighted by molar-refractivity contribution is -0.137. The largest absolute Gasteiger partial charge is 0.481 e. The van der Waals surface area contributed by atoms with Gasteiger partial charge in [-0.2, -0.15) is 4.99 Å². The highest BCUT2D eigenvalue weighted by atomic mass is 16.5. The summed E-state index contributed by atoms with van der Waals surface area (Å²) in [5.41, 5.74) is 5.57. The van der Waals surface area contributed by atoms with Crippen LogP contribution in [0.15, 0.2) is 16.6 Å². The number of allylic oxidation sites excluding steroid dienone is 2. The molecule has 2 aliphatic rings. The fourth-order valence-corrected chi connectivity index (χ4v) is 4.40. The van der Waals surface area contributed by atoms with Crippen LogP contribution in [0.25, 0.3) is 0 Å². The van der Waals surface area contributed by atoms with Crippen LogP contribution in [0.4, 0.5) is 5.69 Å². The van der Waals surface area contributed by atoms with Crippen molar-refractivity contribution in [3.8, 4) is 0 Å². The number of carboxylic acid groups (broad SMARTS) is 1. The third kappa shape index (κ3) is 3.58. The molecule has 6 nitrogen and oxygen atoms in total. The summed E-state index contributed by atoms with van der Waals surface area (Å²) in [6.45, 7) is 4.20. The number of rotatable bonds is 6. The Labute approximate surface area is 157 Å². The van der Waals surface area contributed by atoms with Crippen LogP contribution >= 0.6 is 0 Å². The summed E-state index contributed by atoms with van der Waals surface area (Å²) in [5.74, 6) is -1.18. The van der Waals surface area contributed by atoms with E-state index in [1.807, 2.05) is 13.8 Å². The summed E-state index contributed by atoms with van der Waals surface area (Å²) in [5, 5.41) is 9.11. The van der Waals surface area contributed by atoms with Crippen LogP contribution in [0.5, 0.6) is 0 Å². The minimum Gasteiger partial charge on any atom is -0.481 e. The van der Waals surface area contributed by atoms with Gasteiger partial charge < -0.3 is 9.84 Å². The summed E-state index contributed by atoms with van der Waals surface area (Å²) in [6.07, 6.45) is 7.78. The first-order chi connectivity index (χ1) is 13.0. The smallest absolute Gasteiger partial charge is 0.341 e. The highest BCUT2D eigenvalue weighted by Gasteiger charge is 2.31. The molecule has 0 aromatic heterocycles. The summed E-state index contributed by atoms with van der Waals surface area (Å²) in [4.78, 5) is 38.2. The molecule has 1 aliphatic heterocycles. The van der Waals surface area contributed by atoms with E-state index in [4.69, 9.17) is 9.84 Å². The monoisotopic (exact) mass is 369 g/mol. The fourth-order valence-electron chi connectivity index (χ4n) is 4.40. The zero-order valence-electron chi connectivity index (χ0n) is 15.6. The maximum atomic E-state index is 12.2. The first-order valence-electron chi connectivity index (χ1n) is 9.30. The first-order valence-corrected chi connectivity index (χ1v) is 9.30. The molecule has 1 aliphatic carbocycles. The van der Waals surface area contributed by atoms with Gasteiger partial charge in [0.2, 0.25) is 6.08 Å². The molecule has 0 radical (unpaired) electrons. The predicted octanol–water partition coefficient (Wildman–Crippen LogP) is 3.94. The Morgan fingerprint density at radius 3 is 2.85 bits per heavy atom. The molecule has 0 saturated heterocycles. The van der Waals surface area contributed by atoms with E-state index in [0.717, 1.165) is 53.5 Å². The molecule has 1 N–H and O–H groups in total. The highest BCUT2D eigenvalue weighted by molar-refractivity contribution is 6.00. The number of cyclic esters (lactones) is 1. The van der Waals surface area contributed by atoms with Crippen molar-refractivity contribution in [3.05, 3.63) is 39.5 Å². The van der Waals surface area contributed by atoms with Gasteiger partial charge in [-0.15, -0.1) is 0 Å². The lowest BCUT2D eigenvalue weighted by atomic mass is 9.87. The van der Waals surface area contributed by atoms with E-state index in [1.54, 1.807) is 6.08 Å². The molecule has 1 heterocycles. The predicted molar refractivity (Wildman–Crippen MR) is 98.8 cm³/mol. The summed E-state index contributed by atoms with van der Waals surface area (Å²) in [6, 6.07) is 0. The minimum atomic E-state index is -0.788. The number of carbonyl (C=O) groups excluding carboxylic acids is 2. The van der Waals surface area contributed by atoms with E-state index in [0.29, 0.717) is 17.7 Å². The Hall–Kier alpha value is -2.72. The number of aliphatic carboxylic acids is 1. The average molecular weight is 369 g/mol. The summed E-state index contributed by atoms with van der Waals surface area (Å²) >= 11 is 0. The zero-order valence-corrected chi connectivity index (χ0v) is 15.6. The van der Waals surface area contributed by atoms with Crippen molar-refractivity contribution in [2.24, 2.45) is 10.9 Å². The van der Waals surface area contributed by atoms with Gasteiger partial charge in [0.15, 0.2) is 0 Å². The van der Waals surface area contributed by atoms with Crippen LogP contribution in [-0.2, 0) is 33.8 Å². The van der Waals surface area contributed by atoms with Gasteiger partial charge in [-0.3, -0.25) is 4.79 Å². The van der Waals surface area contributed by atoms with Crippen molar-refractivity contribution in [3.63, 3.8) is 0 Å². The van der Waals surface area contributed by atoms with E-state index in [1.165, 1.54) is 0 Å². The summed E-state index contributed by atoms with van der Waals surface area (Å²) in [7, 11) is 0. The van der Waals surface area contributed by atoms with Gasteiger partial charge in [0.25, 0.3) is 0 Å². The third-order valence-electron chi connectivity index (χ3n) is 5.69. The van der Waals surface area contributed by atoms with Gasteiger partial charge in [0.1, 0.15) is 6.61 Å². The molecule has 27 heavy (non-hydrogen) atoms. The summed E-state index contributed by atoms with van der Waals surface area (Å²) < 4.78 is 5.17. The van der Waals surface area contributed by atoms with Crippen molar-refractivity contribution in [2.75, 3.05) is 0 Å². The van der Waals surface area contributed by atoms with Gasteiger partial charge >= 0.3 is 11.9 Å². The number of isocyanates is 1. The molecule has 0 bridgehead atoms. The van der Waals surface area contributed by atoms with Crippen molar-refractivity contribution >= 4 is 23.7 Å². The Morgan fingerprint density at radius 1 is 1.41 bits per heavy atom. The number of nitrogens with zero attached hydrogens (tertiary/aromatic N) is 1. The lowest BCUT2D eigenvalue weighted by Crippen LogP contribution is -2.07. The number of ether oxygens (including phenoxy) is 1. The van der Waals surface area contributed by atoms with Crippen LogP contribution in [0, 0.1) is 12.8 Å². The van der Waals surface area contributed by atoms with Gasteiger partial charge in [-0.25, -0.2) is 9.59 Å². The molecule has 1 saturated carbocycles. The molecule has 142 valence electrons. The van der Waals surface area contributed by atoms with Crippen molar-refractivity contribution in [1.82, 2.24) is 0 Å². The van der Waals surface area contributed by atoms with Crippen LogP contribution in [0.2, 0.25) is 0 Å². The number of benzene rings is 1. The number of esters is 1. The normalized spacial score (nSPS) is 19.7. The number of carbonyl (C=O) groups is 2. The van der Waals surface area contributed by atoms with Crippen molar-refractivity contribution in [2.45, 2.75) is 59.0 Å². The zero-order chi connectivity index (χ0) is 19.6. The van der Waals surface area contributed by atoms with Crippen LogP contribution in [-0.4, -0.2) is 23.1 Å². The molecular formula is C21H23NO5. The maximum Gasteiger partial charge on any atom is 0.341 e.